The summed E-state index contributed by atoms with van der Waals surface area (Å²) in [5.41, 5.74) is 0. The van der Waals surface area contributed by atoms with Crippen molar-refractivity contribution in [3.8, 4) is 0 Å². The largest absolute Gasteiger partial charge is 0.103 e. The molecule has 0 nitrogen and oxygen atoms in total. The van der Waals surface area contributed by atoms with Gasteiger partial charge in [0, 0.05) is 29.6 Å². The van der Waals surface area contributed by atoms with Crippen molar-refractivity contribution in [1.29, 1.82) is 0 Å². The second kappa shape index (κ2) is 31.6. The molecule has 1 radical (unpaired) electrons. The van der Waals surface area contributed by atoms with Crippen molar-refractivity contribution < 1.29 is 0 Å². The summed E-state index contributed by atoms with van der Waals surface area (Å²) in [6.07, 6.45) is 3.50. The van der Waals surface area contributed by atoms with Crippen LogP contribution in [0.3, 0.4) is 0 Å². The Bertz CT molecular complexity index is 25.2. The predicted octanol–water partition coefficient (Wildman–Crippen LogP) is 2.00. The standard InChI is InChI=1S/2C3H6.Na/c2*1-3-2;/h2*3H,1H2,2H3;. The fourth-order valence-corrected chi connectivity index (χ4v) is 0. The smallest absolute Gasteiger partial charge is 0 e. The van der Waals surface area contributed by atoms with E-state index in [1.165, 1.54) is 0 Å². The molecule has 0 aromatic heterocycles. The van der Waals surface area contributed by atoms with Crippen LogP contribution in [0.15, 0.2) is 25.3 Å². The maximum absolute atomic E-state index is 3.36. The van der Waals surface area contributed by atoms with Crippen LogP contribution < -0.4 is 0 Å². The van der Waals surface area contributed by atoms with E-state index >= 15 is 0 Å². The summed E-state index contributed by atoms with van der Waals surface area (Å²) < 4.78 is 0. The monoisotopic (exact) mass is 107 g/mol. The molecule has 0 N–H and O–H groups in total. The molecule has 1 heteroatoms. The van der Waals surface area contributed by atoms with E-state index in [9.17, 15) is 0 Å². The molecule has 0 aromatic carbocycles. The Morgan fingerprint density at radius 1 is 1.00 bits per heavy atom. The second-order valence-corrected chi connectivity index (χ2v) is 0.816. The molecule has 0 amide bonds. The first kappa shape index (κ1) is 15.6. The Labute approximate surface area is 68.6 Å². The zero-order valence-electron chi connectivity index (χ0n) is 5.57. The van der Waals surface area contributed by atoms with Crippen LogP contribution in [-0.2, 0) is 0 Å². The van der Waals surface area contributed by atoms with Crippen molar-refractivity contribution in [2.75, 3.05) is 0 Å². The molecule has 0 saturated carbocycles. The topological polar surface area (TPSA) is 0 Å². The van der Waals surface area contributed by atoms with Crippen molar-refractivity contribution >= 4 is 29.6 Å². The van der Waals surface area contributed by atoms with E-state index < -0.39 is 0 Å². The van der Waals surface area contributed by atoms with Gasteiger partial charge in [-0.05, 0) is 13.8 Å². The molecule has 0 unspecified atom stereocenters. The molecule has 0 saturated heterocycles. The van der Waals surface area contributed by atoms with Crippen molar-refractivity contribution in [2.45, 2.75) is 13.8 Å². The summed E-state index contributed by atoms with van der Waals surface area (Å²) in [7, 11) is 0. The molecular weight excluding hydrogens is 95.1 g/mol. The van der Waals surface area contributed by atoms with E-state index in [-0.39, 0.29) is 29.6 Å². The second-order valence-electron chi connectivity index (χ2n) is 0.816. The maximum Gasteiger partial charge on any atom is 0 e. The van der Waals surface area contributed by atoms with E-state index in [1.807, 2.05) is 13.8 Å². The molecular formula is C6H12Na. The van der Waals surface area contributed by atoms with Crippen LogP contribution in [0.25, 0.3) is 0 Å². The van der Waals surface area contributed by atoms with Crippen LogP contribution in [0.2, 0.25) is 0 Å². The Balaban J connectivity index is -0.0000000400. The maximum atomic E-state index is 3.36. The van der Waals surface area contributed by atoms with Gasteiger partial charge in [0.1, 0.15) is 0 Å². The third kappa shape index (κ3) is 564. The summed E-state index contributed by atoms with van der Waals surface area (Å²) in [6.45, 7) is 10.5. The van der Waals surface area contributed by atoms with Crippen molar-refractivity contribution in [3.63, 3.8) is 0 Å². The average Bonchev–Trinajstić information content (AvgIpc) is 1.39. The van der Waals surface area contributed by atoms with E-state index in [4.69, 9.17) is 0 Å². The zero-order chi connectivity index (χ0) is 5.41. The van der Waals surface area contributed by atoms with Gasteiger partial charge >= 0.3 is 0 Å². The van der Waals surface area contributed by atoms with Crippen LogP contribution in [0.5, 0.6) is 0 Å². The van der Waals surface area contributed by atoms with Gasteiger partial charge in [0.05, 0.1) is 0 Å². The van der Waals surface area contributed by atoms with E-state index in [2.05, 4.69) is 13.2 Å². The predicted molar refractivity (Wildman–Crippen MR) is 37.5 cm³/mol. The first-order valence-electron chi connectivity index (χ1n) is 1.97. The molecule has 0 bridgehead atoms. The van der Waals surface area contributed by atoms with Crippen molar-refractivity contribution in [2.24, 2.45) is 0 Å². The number of hydrogen-bond donors (Lipinski definition) is 0. The molecule has 7 heavy (non-hydrogen) atoms. The fraction of sp³-hybridized carbons (Fsp3) is 0.333. The number of allylic oxidation sites excluding steroid dienone is 2. The SMILES string of the molecule is C=CC.C=CC.[Na]. The van der Waals surface area contributed by atoms with Gasteiger partial charge in [-0.1, -0.05) is 12.2 Å². The average molecular weight is 107 g/mol. The summed E-state index contributed by atoms with van der Waals surface area (Å²) in [5.74, 6) is 0. The molecule has 0 aliphatic carbocycles. The first-order valence-corrected chi connectivity index (χ1v) is 1.97. The Morgan fingerprint density at radius 2 is 1.00 bits per heavy atom. The number of hydrogen-bond acceptors (Lipinski definition) is 0. The third-order valence-electron chi connectivity index (χ3n) is 0. The normalized spacial score (nSPS) is 3.71. The van der Waals surface area contributed by atoms with E-state index in [0.29, 0.717) is 0 Å². The minimum Gasteiger partial charge on any atom is -0.103 e. The summed E-state index contributed by atoms with van der Waals surface area (Å²) >= 11 is 0. The third-order valence-corrected chi connectivity index (χ3v) is 0. The van der Waals surface area contributed by atoms with Gasteiger partial charge in [-0.25, -0.2) is 0 Å². The molecule has 37 valence electrons. The van der Waals surface area contributed by atoms with Crippen LogP contribution >= 0.6 is 0 Å². The fourth-order valence-electron chi connectivity index (χ4n) is 0. The van der Waals surface area contributed by atoms with E-state index in [1.54, 1.807) is 12.2 Å². The van der Waals surface area contributed by atoms with Gasteiger partial charge in [-0.2, -0.15) is 0 Å². The Morgan fingerprint density at radius 3 is 1.00 bits per heavy atom. The van der Waals surface area contributed by atoms with Gasteiger partial charge < -0.3 is 0 Å². The zero-order valence-corrected chi connectivity index (χ0v) is 7.57. The summed E-state index contributed by atoms with van der Waals surface area (Å²) in [5, 5.41) is 0. The van der Waals surface area contributed by atoms with Crippen LogP contribution in [-0.4, -0.2) is 29.6 Å². The van der Waals surface area contributed by atoms with E-state index in [0.717, 1.165) is 0 Å². The van der Waals surface area contributed by atoms with Crippen molar-refractivity contribution in [3.05, 3.63) is 25.3 Å². The molecule has 0 fully saturated rings. The van der Waals surface area contributed by atoms with Gasteiger partial charge in [-0.15, -0.1) is 13.2 Å². The molecule has 0 aromatic rings. The molecule has 0 aliphatic heterocycles. The van der Waals surface area contributed by atoms with Crippen LogP contribution in [0.4, 0.5) is 0 Å². The molecule has 0 heterocycles. The minimum absolute atomic E-state index is 0. The number of rotatable bonds is 0. The summed E-state index contributed by atoms with van der Waals surface area (Å²) in [6, 6.07) is 0. The van der Waals surface area contributed by atoms with Gasteiger partial charge in [0.15, 0.2) is 0 Å². The van der Waals surface area contributed by atoms with Crippen molar-refractivity contribution in [1.82, 2.24) is 0 Å². The molecule has 0 atom stereocenters. The van der Waals surface area contributed by atoms with Gasteiger partial charge in [0.25, 0.3) is 0 Å². The minimum atomic E-state index is 0. The Hall–Kier alpha value is 0.480. The first-order chi connectivity index (χ1) is 2.83. The Kier molecular flexibility index (Phi) is 70.7. The quantitative estimate of drug-likeness (QED) is 0.328. The summed E-state index contributed by atoms with van der Waals surface area (Å²) in [4.78, 5) is 0. The van der Waals surface area contributed by atoms with Gasteiger partial charge in [0.2, 0.25) is 0 Å². The molecule has 0 rings (SSSR count). The van der Waals surface area contributed by atoms with Crippen LogP contribution in [0, 0.1) is 0 Å². The van der Waals surface area contributed by atoms with Gasteiger partial charge in [-0.3, -0.25) is 0 Å². The molecule has 0 aliphatic rings. The molecule has 0 spiro atoms. The van der Waals surface area contributed by atoms with Crippen LogP contribution in [0.1, 0.15) is 13.8 Å².